The molecule has 1 aromatic heterocycles. The molecule has 3 N–H and O–H groups in total. The van der Waals surface area contributed by atoms with E-state index in [0.717, 1.165) is 18.4 Å². The number of aliphatic hydroxyl groups excluding tert-OH is 1. The highest BCUT2D eigenvalue weighted by Crippen LogP contribution is 2.32. The van der Waals surface area contributed by atoms with E-state index in [2.05, 4.69) is 10.5 Å². The van der Waals surface area contributed by atoms with E-state index in [1.54, 1.807) is 0 Å². The molecule has 0 saturated heterocycles. The number of aromatic nitrogens is 1. The largest absolute Gasteiger partial charge is 0.507 e. The number of carbonyl (C=O) groups excluding carboxylic acids is 1. The Bertz CT molecular complexity index is 1330. The van der Waals surface area contributed by atoms with E-state index in [0.29, 0.717) is 6.07 Å². The van der Waals surface area contributed by atoms with Gasteiger partial charge in [-0.2, -0.15) is 0 Å². The SMILES string of the molecule is CC(CNC(=O)c1ccccc1O)(CC(O)c1cc(-c2ccc(F)c(F)c2F)no1)S(C)(=O)=O. The van der Waals surface area contributed by atoms with Gasteiger partial charge in [-0.3, -0.25) is 4.79 Å². The Kier molecular flexibility index (Phi) is 7.03. The van der Waals surface area contributed by atoms with Gasteiger partial charge in [0.05, 0.1) is 10.3 Å². The molecule has 0 spiro atoms. The van der Waals surface area contributed by atoms with Crippen LogP contribution in [0.15, 0.2) is 47.0 Å². The van der Waals surface area contributed by atoms with Gasteiger partial charge >= 0.3 is 0 Å². The first-order valence-corrected chi connectivity index (χ1v) is 11.8. The maximum Gasteiger partial charge on any atom is 0.255 e. The summed E-state index contributed by atoms with van der Waals surface area (Å²) in [6, 6.07) is 8.40. The van der Waals surface area contributed by atoms with Gasteiger partial charge in [-0.25, -0.2) is 21.6 Å². The van der Waals surface area contributed by atoms with E-state index in [1.165, 1.54) is 31.2 Å². The van der Waals surface area contributed by atoms with Crippen LogP contribution in [-0.4, -0.2) is 47.2 Å². The number of aromatic hydroxyl groups is 1. The third kappa shape index (κ3) is 5.07. The predicted octanol–water partition coefficient (Wildman–Crippen LogP) is 3.12. The van der Waals surface area contributed by atoms with Gasteiger partial charge in [-0.05, 0) is 31.2 Å². The number of nitrogens with one attached hydrogen (secondary N) is 1. The van der Waals surface area contributed by atoms with Gasteiger partial charge < -0.3 is 20.1 Å². The molecule has 0 aliphatic rings. The lowest BCUT2D eigenvalue weighted by Crippen LogP contribution is -2.47. The quantitative estimate of drug-likeness (QED) is 0.407. The summed E-state index contributed by atoms with van der Waals surface area (Å²) in [7, 11) is -3.87. The molecule has 2 unspecified atom stereocenters. The van der Waals surface area contributed by atoms with E-state index in [1.807, 2.05) is 0 Å². The van der Waals surface area contributed by atoms with Crippen molar-refractivity contribution in [3.8, 4) is 17.0 Å². The Morgan fingerprint density at radius 1 is 1.18 bits per heavy atom. The van der Waals surface area contributed by atoms with Gasteiger partial charge in [0.1, 0.15) is 17.5 Å². The van der Waals surface area contributed by atoms with Crippen molar-refractivity contribution in [3.63, 3.8) is 0 Å². The molecule has 0 aliphatic heterocycles. The minimum atomic E-state index is -3.87. The van der Waals surface area contributed by atoms with Crippen molar-refractivity contribution in [2.75, 3.05) is 12.8 Å². The van der Waals surface area contributed by atoms with Crippen molar-refractivity contribution in [2.45, 2.75) is 24.2 Å². The lowest BCUT2D eigenvalue weighted by atomic mass is 10.00. The third-order valence-corrected chi connectivity index (χ3v) is 7.56. The second kappa shape index (κ2) is 9.47. The first-order valence-electron chi connectivity index (χ1n) is 9.88. The minimum Gasteiger partial charge on any atom is -0.507 e. The molecule has 0 bridgehead atoms. The van der Waals surface area contributed by atoms with Gasteiger partial charge in [-0.15, -0.1) is 0 Å². The molecule has 0 saturated carbocycles. The zero-order valence-electron chi connectivity index (χ0n) is 18.0. The lowest BCUT2D eigenvalue weighted by Gasteiger charge is -2.29. The van der Waals surface area contributed by atoms with Gasteiger partial charge in [-0.1, -0.05) is 17.3 Å². The number of carbonyl (C=O) groups is 1. The van der Waals surface area contributed by atoms with Crippen LogP contribution in [0.25, 0.3) is 11.3 Å². The highest BCUT2D eigenvalue weighted by molar-refractivity contribution is 7.92. The minimum absolute atomic E-state index is 0.0627. The summed E-state index contributed by atoms with van der Waals surface area (Å²) < 4.78 is 69.0. The topological polar surface area (TPSA) is 130 Å². The average Bonchev–Trinajstić information content (AvgIpc) is 3.25. The van der Waals surface area contributed by atoms with E-state index in [-0.39, 0.29) is 22.8 Å². The standard InChI is InChI=1S/C22H21F3N2O6S/c1-22(34(2,31)32,11-26-21(30)13-5-3-4-6-16(13)28)10-17(29)18-9-15(27-33-18)12-7-8-14(23)20(25)19(12)24/h3-9,17,28-29H,10-11H2,1-2H3,(H,26,30). The summed E-state index contributed by atoms with van der Waals surface area (Å²) in [6.07, 6.45) is -1.09. The molecule has 34 heavy (non-hydrogen) atoms. The highest BCUT2D eigenvalue weighted by atomic mass is 32.2. The van der Waals surface area contributed by atoms with Crippen LogP contribution in [0.1, 0.15) is 35.6 Å². The zero-order valence-corrected chi connectivity index (χ0v) is 18.9. The Hall–Kier alpha value is -3.38. The number of benzene rings is 2. The zero-order chi connectivity index (χ0) is 25.3. The number of phenols is 1. The summed E-state index contributed by atoms with van der Waals surface area (Å²) >= 11 is 0. The average molecular weight is 498 g/mol. The Morgan fingerprint density at radius 3 is 2.50 bits per heavy atom. The monoisotopic (exact) mass is 498 g/mol. The number of para-hydroxylation sites is 1. The van der Waals surface area contributed by atoms with Crippen LogP contribution in [-0.2, 0) is 9.84 Å². The molecule has 1 heterocycles. The molecule has 3 aromatic rings. The second-order valence-corrected chi connectivity index (χ2v) is 10.5. The fraction of sp³-hybridized carbons (Fsp3) is 0.273. The summed E-state index contributed by atoms with van der Waals surface area (Å²) in [6.45, 7) is 0.873. The first-order chi connectivity index (χ1) is 15.8. The first kappa shape index (κ1) is 25.2. The number of rotatable bonds is 8. The van der Waals surface area contributed by atoms with Gasteiger partial charge in [0.15, 0.2) is 33.0 Å². The molecule has 3 rings (SSSR count). The normalized spacial score (nSPS) is 14.4. The molecule has 0 radical (unpaired) electrons. The molecule has 182 valence electrons. The number of halogens is 3. The number of phenolic OH excluding ortho intramolecular Hbond substituents is 1. The molecule has 0 fully saturated rings. The van der Waals surface area contributed by atoms with Crippen molar-refractivity contribution < 1.29 is 41.1 Å². The number of hydrogen-bond donors (Lipinski definition) is 3. The predicted molar refractivity (Wildman–Crippen MR) is 115 cm³/mol. The Morgan fingerprint density at radius 2 is 1.85 bits per heavy atom. The number of sulfone groups is 1. The van der Waals surface area contributed by atoms with Crippen LogP contribution in [0.5, 0.6) is 5.75 Å². The number of aliphatic hydroxyl groups is 1. The number of nitrogens with zero attached hydrogens (tertiary/aromatic N) is 1. The summed E-state index contributed by atoms with van der Waals surface area (Å²) in [5, 5.41) is 26.4. The van der Waals surface area contributed by atoms with E-state index in [9.17, 15) is 36.6 Å². The van der Waals surface area contributed by atoms with Gasteiger partial charge in [0, 0.05) is 30.9 Å². The smallest absolute Gasteiger partial charge is 0.255 e. The summed E-state index contributed by atoms with van der Waals surface area (Å²) in [5.74, 6) is -5.85. The maximum absolute atomic E-state index is 14.0. The molecule has 1 amide bonds. The van der Waals surface area contributed by atoms with Crippen LogP contribution in [0.4, 0.5) is 13.2 Å². The van der Waals surface area contributed by atoms with E-state index >= 15 is 0 Å². The molecule has 2 atom stereocenters. The van der Waals surface area contributed by atoms with Gasteiger partial charge in [0.25, 0.3) is 5.91 Å². The van der Waals surface area contributed by atoms with Crippen molar-refractivity contribution in [2.24, 2.45) is 0 Å². The third-order valence-electron chi connectivity index (χ3n) is 5.46. The van der Waals surface area contributed by atoms with Crippen LogP contribution < -0.4 is 5.32 Å². The molecule has 0 aliphatic carbocycles. The molecular formula is C22H21F3N2O6S. The fourth-order valence-corrected chi connectivity index (χ4v) is 3.98. The van der Waals surface area contributed by atoms with Crippen molar-refractivity contribution >= 4 is 15.7 Å². The summed E-state index contributed by atoms with van der Waals surface area (Å²) in [4.78, 5) is 12.4. The number of amides is 1. The fourth-order valence-electron chi connectivity index (χ4n) is 3.19. The molecular weight excluding hydrogens is 477 g/mol. The summed E-state index contributed by atoms with van der Waals surface area (Å²) in [5.41, 5.74) is -0.714. The Labute approximate surface area is 192 Å². The van der Waals surface area contributed by atoms with Crippen LogP contribution >= 0.6 is 0 Å². The van der Waals surface area contributed by atoms with Crippen molar-refractivity contribution in [1.82, 2.24) is 10.5 Å². The van der Waals surface area contributed by atoms with Crippen LogP contribution in [0.3, 0.4) is 0 Å². The maximum atomic E-state index is 14.0. The van der Waals surface area contributed by atoms with Crippen molar-refractivity contribution in [3.05, 3.63) is 71.2 Å². The van der Waals surface area contributed by atoms with Crippen molar-refractivity contribution in [1.29, 1.82) is 0 Å². The molecule has 2 aromatic carbocycles. The van der Waals surface area contributed by atoms with Crippen LogP contribution in [0.2, 0.25) is 0 Å². The molecule has 8 nitrogen and oxygen atoms in total. The highest BCUT2D eigenvalue weighted by Gasteiger charge is 2.39. The second-order valence-electron chi connectivity index (χ2n) is 7.98. The molecule has 12 heteroatoms. The lowest BCUT2D eigenvalue weighted by molar-refractivity contribution is 0.0928. The van der Waals surface area contributed by atoms with E-state index < -0.39 is 62.6 Å². The van der Waals surface area contributed by atoms with Gasteiger partial charge in [0.2, 0.25) is 0 Å². The Balaban J connectivity index is 1.80. The number of hydrogen-bond acceptors (Lipinski definition) is 7. The van der Waals surface area contributed by atoms with Crippen LogP contribution in [0, 0.1) is 17.5 Å². The van der Waals surface area contributed by atoms with E-state index in [4.69, 9.17) is 4.52 Å².